The molecule has 8 heteroatoms. The van der Waals surface area contributed by atoms with Gasteiger partial charge in [-0.25, -0.2) is 0 Å². The maximum atomic E-state index is 12.5. The number of nitrogens with one attached hydrogen (secondary N) is 1. The van der Waals surface area contributed by atoms with E-state index in [1.54, 1.807) is 0 Å². The van der Waals surface area contributed by atoms with Crippen LogP contribution in [0.15, 0.2) is 53.7 Å². The molecule has 158 valence electrons. The molecule has 0 aliphatic carbocycles. The Kier molecular flexibility index (Phi) is 7.53. The van der Waals surface area contributed by atoms with Gasteiger partial charge in [0.15, 0.2) is 11.0 Å². The van der Waals surface area contributed by atoms with E-state index in [2.05, 4.69) is 27.3 Å². The second-order valence-corrected chi connectivity index (χ2v) is 8.57. The SMILES string of the molecule is CC[C@@H](c1nnc(SCC(=O)Nc2ccc(C)cc2Cl)n1-c1ccccc1)N(C)C. The van der Waals surface area contributed by atoms with Crippen molar-refractivity contribution in [3.8, 4) is 5.69 Å². The van der Waals surface area contributed by atoms with E-state index in [0.717, 1.165) is 23.5 Å². The minimum Gasteiger partial charge on any atom is -0.324 e. The molecule has 0 aliphatic heterocycles. The molecule has 1 atom stereocenters. The summed E-state index contributed by atoms with van der Waals surface area (Å²) in [5, 5.41) is 12.9. The first-order chi connectivity index (χ1) is 14.4. The highest BCUT2D eigenvalue weighted by Gasteiger charge is 2.23. The molecule has 0 bridgehead atoms. The Morgan fingerprint density at radius 1 is 1.20 bits per heavy atom. The summed E-state index contributed by atoms with van der Waals surface area (Å²) < 4.78 is 2.03. The van der Waals surface area contributed by atoms with Crippen molar-refractivity contribution in [2.24, 2.45) is 0 Å². The monoisotopic (exact) mass is 443 g/mol. The van der Waals surface area contributed by atoms with Gasteiger partial charge >= 0.3 is 0 Å². The fraction of sp³-hybridized carbons (Fsp3) is 0.318. The zero-order valence-corrected chi connectivity index (χ0v) is 19.2. The first kappa shape index (κ1) is 22.3. The van der Waals surface area contributed by atoms with Gasteiger partial charge in [0.2, 0.25) is 5.91 Å². The van der Waals surface area contributed by atoms with E-state index in [0.29, 0.717) is 15.9 Å². The summed E-state index contributed by atoms with van der Waals surface area (Å²) in [4.78, 5) is 14.6. The number of benzene rings is 2. The molecule has 0 aliphatic rings. The zero-order chi connectivity index (χ0) is 21.7. The minimum atomic E-state index is -0.144. The number of carbonyl (C=O) groups excluding carboxylic acids is 1. The minimum absolute atomic E-state index is 0.118. The van der Waals surface area contributed by atoms with Gasteiger partial charge in [-0.15, -0.1) is 10.2 Å². The van der Waals surface area contributed by atoms with Gasteiger partial charge in [-0.05, 0) is 57.3 Å². The quantitative estimate of drug-likeness (QED) is 0.498. The molecular formula is C22H26ClN5OS. The standard InChI is InChI=1S/C22H26ClN5OS/c1-5-19(27(3)4)21-25-26-22(28(21)16-9-7-6-8-10-16)30-14-20(29)24-18-12-11-15(2)13-17(18)23/h6-13,19H,5,14H2,1-4H3,(H,24,29)/t19-/m0/s1. The summed E-state index contributed by atoms with van der Waals surface area (Å²) in [6, 6.07) is 15.7. The second-order valence-electron chi connectivity index (χ2n) is 7.22. The zero-order valence-electron chi connectivity index (χ0n) is 17.6. The van der Waals surface area contributed by atoms with Crippen molar-refractivity contribution < 1.29 is 4.79 Å². The van der Waals surface area contributed by atoms with E-state index in [-0.39, 0.29) is 17.7 Å². The van der Waals surface area contributed by atoms with Crippen molar-refractivity contribution in [3.05, 3.63) is 64.9 Å². The van der Waals surface area contributed by atoms with Crippen LogP contribution in [0.1, 0.15) is 30.8 Å². The van der Waals surface area contributed by atoms with Gasteiger partial charge in [0, 0.05) is 5.69 Å². The normalized spacial score (nSPS) is 12.2. The van der Waals surface area contributed by atoms with Crippen molar-refractivity contribution in [2.45, 2.75) is 31.5 Å². The fourth-order valence-corrected chi connectivity index (χ4v) is 4.27. The Bertz CT molecular complexity index is 1010. The number of rotatable bonds is 8. The lowest BCUT2D eigenvalue weighted by Gasteiger charge is -2.23. The molecule has 0 saturated heterocycles. The molecule has 1 amide bonds. The topological polar surface area (TPSA) is 63.1 Å². The number of hydrogen-bond acceptors (Lipinski definition) is 5. The van der Waals surface area contributed by atoms with Gasteiger partial charge in [-0.3, -0.25) is 14.3 Å². The lowest BCUT2D eigenvalue weighted by molar-refractivity contribution is -0.113. The number of halogens is 1. The van der Waals surface area contributed by atoms with Gasteiger partial charge < -0.3 is 5.32 Å². The van der Waals surface area contributed by atoms with Gasteiger partial charge in [-0.1, -0.05) is 54.6 Å². The molecule has 0 saturated carbocycles. The number of carbonyl (C=O) groups is 1. The van der Waals surface area contributed by atoms with Crippen molar-refractivity contribution in [1.29, 1.82) is 0 Å². The van der Waals surface area contributed by atoms with E-state index in [4.69, 9.17) is 11.6 Å². The van der Waals surface area contributed by atoms with Gasteiger partial charge in [-0.2, -0.15) is 0 Å². The molecule has 3 aromatic rings. The second kappa shape index (κ2) is 10.1. The van der Waals surface area contributed by atoms with E-state index >= 15 is 0 Å². The average molecular weight is 444 g/mol. The van der Waals surface area contributed by atoms with Gasteiger partial charge in [0.1, 0.15) is 0 Å². The summed E-state index contributed by atoms with van der Waals surface area (Å²) in [5.74, 6) is 0.918. The van der Waals surface area contributed by atoms with Crippen LogP contribution < -0.4 is 5.32 Å². The smallest absolute Gasteiger partial charge is 0.234 e. The van der Waals surface area contributed by atoms with Crippen molar-refractivity contribution in [3.63, 3.8) is 0 Å². The van der Waals surface area contributed by atoms with Crippen LogP contribution in [0.25, 0.3) is 5.69 Å². The third-order valence-corrected chi connectivity index (χ3v) is 5.95. The van der Waals surface area contributed by atoms with Crippen LogP contribution in [-0.4, -0.2) is 45.4 Å². The Balaban J connectivity index is 1.82. The van der Waals surface area contributed by atoms with Crippen LogP contribution >= 0.6 is 23.4 Å². The molecule has 0 spiro atoms. The third-order valence-electron chi connectivity index (χ3n) is 4.71. The predicted molar refractivity (Wildman–Crippen MR) is 124 cm³/mol. The molecule has 6 nitrogen and oxygen atoms in total. The Morgan fingerprint density at radius 3 is 2.57 bits per heavy atom. The molecule has 0 fully saturated rings. The summed E-state index contributed by atoms with van der Waals surface area (Å²) in [6.45, 7) is 4.08. The van der Waals surface area contributed by atoms with Gasteiger partial charge in [0.25, 0.3) is 0 Å². The summed E-state index contributed by atoms with van der Waals surface area (Å²) >= 11 is 7.58. The van der Waals surface area contributed by atoms with Crippen LogP contribution in [0.2, 0.25) is 5.02 Å². The average Bonchev–Trinajstić information content (AvgIpc) is 3.13. The number of aryl methyl sites for hydroxylation is 1. The number of hydrogen-bond donors (Lipinski definition) is 1. The maximum Gasteiger partial charge on any atom is 0.234 e. The van der Waals surface area contributed by atoms with Crippen molar-refractivity contribution in [1.82, 2.24) is 19.7 Å². The highest BCUT2D eigenvalue weighted by Crippen LogP contribution is 2.29. The van der Waals surface area contributed by atoms with Crippen molar-refractivity contribution >= 4 is 35.0 Å². The molecular weight excluding hydrogens is 418 g/mol. The summed E-state index contributed by atoms with van der Waals surface area (Å²) in [5.41, 5.74) is 2.63. The molecule has 1 aromatic heterocycles. The fourth-order valence-electron chi connectivity index (χ4n) is 3.23. The molecule has 30 heavy (non-hydrogen) atoms. The predicted octanol–water partition coefficient (Wildman–Crippen LogP) is 4.97. The van der Waals surface area contributed by atoms with E-state index in [9.17, 15) is 4.79 Å². The first-order valence-electron chi connectivity index (χ1n) is 9.76. The van der Waals surface area contributed by atoms with Crippen molar-refractivity contribution in [2.75, 3.05) is 25.2 Å². The number of nitrogens with zero attached hydrogens (tertiary/aromatic N) is 4. The third kappa shape index (κ3) is 5.22. The first-order valence-corrected chi connectivity index (χ1v) is 11.1. The number of anilines is 1. The van der Waals surface area contributed by atoms with Crippen LogP contribution in [0, 0.1) is 6.92 Å². The summed E-state index contributed by atoms with van der Waals surface area (Å²) in [7, 11) is 4.06. The molecule has 1 N–H and O–H groups in total. The molecule has 1 heterocycles. The Morgan fingerprint density at radius 2 is 1.93 bits per heavy atom. The largest absolute Gasteiger partial charge is 0.324 e. The van der Waals surface area contributed by atoms with Crippen LogP contribution in [0.5, 0.6) is 0 Å². The highest BCUT2D eigenvalue weighted by molar-refractivity contribution is 7.99. The van der Waals surface area contributed by atoms with Crippen LogP contribution in [0.3, 0.4) is 0 Å². The molecule has 0 radical (unpaired) electrons. The van der Waals surface area contributed by atoms with E-state index in [1.807, 2.05) is 74.1 Å². The number of para-hydroxylation sites is 1. The number of amides is 1. The molecule has 0 unspecified atom stereocenters. The lowest BCUT2D eigenvalue weighted by Crippen LogP contribution is -2.23. The number of aromatic nitrogens is 3. The lowest BCUT2D eigenvalue weighted by atomic mass is 10.2. The van der Waals surface area contributed by atoms with Crippen LogP contribution in [0.4, 0.5) is 5.69 Å². The Labute approximate surface area is 186 Å². The maximum absolute atomic E-state index is 12.5. The molecule has 2 aromatic carbocycles. The highest BCUT2D eigenvalue weighted by atomic mass is 35.5. The van der Waals surface area contributed by atoms with Crippen LogP contribution in [-0.2, 0) is 4.79 Å². The molecule has 3 rings (SSSR count). The van der Waals surface area contributed by atoms with E-state index < -0.39 is 0 Å². The van der Waals surface area contributed by atoms with Gasteiger partial charge in [0.05, 0.1) is 22.5 Å². The Hall–Kier alpha value is -2.35. The summed E-state index contributed by atoms with van der Waals surface area (Å²) in [6.07, 6.45) is 0.898. The van der Waals surface area contributed by atoms with E-state index in [1.165, 1.54) is 11.8 Å². The number of thioether (sulfide) groups is 1.